The topological polar surface area (TPSA) is 106 Å². The minimum atomic E-state index is -0.544. The Bertz CT molecular complexity index is 793. The van der Waals surface area contributed by atoms with Crippen LogP contribution in [0.3, 0.4) is 0 Å². The molecule has 1 amide bonds. The van der Waals surface area contributed by atoms with Crippen LogP contribution in [0.2, 0.25) is 0 Å². The van der Waals surface area contributed by atoms with Crippen molar-refractivity contribution in [2.45, 2.75) is 13.0 Å². The zero-order valence-electron chi connectivity index (χ0n) is 13.9. The molecule has 1 aliphatic rings. The molecule has 134 valence electrons. The van der Waals surface area contributed by atoms with Gasteiger partial charge in [-0.25, -0.2) is 4.98 Å². The molecule has 25 heavy (non-hydrogen) atoms. The predicted octanol–water partition coefficient (Wildman–Crippen LogP) is 1.24. The van der Waals surface area contributed by atoms with Gasteiger partial charge >= 0.3 is 0 Å². The van der Waals surface area contributed by atoms with Crippen LogP contribution < -0.4 is 5.32 Å². The van der Waals surface area contributed by atoms with E-state index in [1.165, 1.54) is 12.3 Å². The average molecular weight is 367 g/mol. The monoisotopic (exact) mass is 366 g/mol. The van der Waals surface area contributed by atoms with Gasteiger partial charge in [-0.15, -0.1) is 12.4 Å². The second kappa shape index (κ2) is 7.58. The summed E-state index contributed by atoms with van der Waals surface area (Å²) < 4.78 is 1.87. The molecule has 2 aromatic heterocycles. The third kappa shape index (κ3) is 3.62. The van der Waals surface area contributed by atoms with E-state index in [0.717, 1.165) is 5.82 Å². The van der Waals surface area contributed by atoms with Crippen molar-refractivity contribution in [1.29, 1.82) is 0 Å². The van der Waals surface area contributed by atoms with Gasteiger partial charge in [-0.2, -0.15) is 0 Å². The number of halogens is 1. The fourth-order valence-electron chi connectivity index (χ4n) is 2.87. The lowest BCUT2D eigenvalue weighted by molar-refractivity contribution is -0.385. The Labute approximate surface area is 150 Å². The van der Waals surface area contributed by atoms with Crippen LogP contribution in [0, 0.1) is 17.0 Å². The van der Waals surface area contributed by atoms with Crippen LogP contribution in [0.25, 0.3) is 0 Å². The van der Waals surface area contributed by atoms with E-state index in [1.807, 2.05) is 17.8 Å². The minimum Gasteiger partial charge on any atom is -0.336 e. The maximum atomic E-state index is 13.0. The quantitative estimate of drug-likeness (QED) is 0.647. The van der Waals surface area contributed by atoms with Crippen LogP contribution >= 0.6 is 12.4 Å². The third-order valence-electron chi connectivity index (χ3n) is 4.17. The molecule has 3 rings (SSSR count). The number of imidazole rings is 1. The van der Waals surface area contributed by atoms with E-state index >= 15 is 0 Å². The maximum Gasteiger partial charge on any atom is 0.288 e. The standard InChI is InChI=1S/C15H18N6O3.ClH/c1-10-12(7-11(8-18-10)21(23)24)15(22)20-6-3-16-9-13(20)14-17-4-5-19(14)2;/h4-5,7-8,13,16H,3,6,9H2,1-2H3;1H. The fraction of sp³-hybridized carbons (Fsp3) is 0.400. The Balaban J connectivity index is 0.00000225. The number of amides is 1. The van der Waals surface area contributed by atoms with Crippen molar-refractivity contribution in [2.75, 3.05) is 19.6 Å². The van der Waals surface area contributed by atoms with Gasteiger partial charge in [0.15, 0.2) is 0 Å². The fourth-order valence-corrected chi connectivity index (χ4v) is 2.87. The zero-order valence-corrected chi connectivity index (χ0v) is 14.7. The van der Waals surface area contributed by atoms with Gasteiger partial charge in [-0.1, -0.05) is 0 Å². The van der Waals surface area contributed by atoms with Crippen molar-refractivity contribution in [3.63, 3.8) is 0 Å². The molecular weight excluding hydrogens is 348 g/mol. The summed E-state index contributed by atoms with van der Waals surface area (Å²) in [6, 6.07) is 1.06. The number of aromatic nitrogens is 3. The smallest absolute Gasteiger partial charge is 0.288 e. The number of nitro groups is 1. The number of nitrogens with one attached hydrogen (secondary N) is 1. The number of hydrogen-bond donors (Lipinski definition) is 1. The largest absolute Gasteiger partial charge is 0.336 e. The highest BCUT2D eigenvalue weighted by Gasteiger charge is 2.32. The van der Waals surface area contributed by atoms with Crippen molar-refractivity contribution >= 4 is 24.0 Å². The molecule has 0 aliphatic carbocycles. The lowest BCUT2D eigenvalue weighted by atomic mass is 10.1. The van der Waals surface area contributed by atoms with E-state index in [9.17, 15) is 14.9 Å². The van der Waals surface area contributed by atoms with Crippen LogP contribution in [-0.2, 0) is 7.05 Å². The van der Waals surface area contributed by atoms with E-state index in [0.29, 0.717) is 25.3 Å². The van der Waals surface area contributed by atoms with Crippen molar-refractivity contribution < 1.29 is 9.72 Å². The molecule has 1 aliphatic heterocycles. The number of pyridine rings is 1. The molecule has 2 aromatic rings. The molecule has 0 radical (unpaired) electrons. The van der Waals surface area contributed by atoms with Gasteiger partial charge in [0.1, 0.15) is 18.1 Å². The highest BCUT2D eigenvalue weighted by molar-refractivity contribution is 5.96. The van der Waals surface area contributed by atoms with E-state index in [4.69, 9.17) is 0 Å². The summed E-state index contributed by atoms with van der Waals surface area (Å²) in [4.78, 5) is 33.5. The van der Waals surface area contributed by atoms with Crippen molar-refractivity contribution in [3.05, 3.63) is 51.9 Å². The van der Waals surface area contributed by atoms with Crippen LogP contribution in [0.4, 0.5) is 5.69 Å². The molecular formula is C15H19ClN6O3. The summed E-state index contributed by atoms with van der Waals surface area (Å²) in [5, 5.41) is 14.2. The normalized spacial score (nSPS) is 17.0. The molecule has 1 atom stereocenters. The first-order valence-electron chi connectivity index (χ1n) is 7.59. The van der Waals surface area contributed by atoms with Crippen molar-refractivity contribution in [1.82, 2.24) is 24.8 Å². The Morgan fingerprint density at radius 2 is 2.20 bits per heavy atom. The zero-order chi connectivity index (χ0) is 17.3. The van der Waals surface area contributed by atoms with Gasteiger partial charge in [-0.3, -0.25) is 19.9 Å². The van der Waals surface area contributed by atoms with Crippen molar-refractivity contribution in [2.24, 2.45) is 7.05 Å². The second-order valence-electron chi connectivity index (χ2n) is 5.70. The molecule has 0 spiro atoms. The van der Waals surface area contributed by atoms with Gasteiger partial charge < -0.3 is 14.8 Å². The van der Waals surface area contributed by atoms with Crippen molar-refractivity contribution in [3.8, 4) is 0 Å². The molecule has 0 aromatic carbocycles. The summed E-state index contributed by atoms with van der Waals surface area (Å²) in [5.41, 5.74) is 0.542. The highest BCUT2D eigenvalue weighted by atomic mass is 35.5. The summed E-state index contributed by atoms with van der Waals surface area (Å²) in [6.07, 6.45) is 4.68. The summed E-state index contributed by atoms with van der Waals surface area (Å²) in [5.74, 6) is 0.504. The molecule has 1 N–H and O–H groups in total. The van der Waals surface area contributed by atoms with Gasteiger partial charge in [0.25, 0.3) is 11.6 Å². The number of carbonyl (C=O) groups excluding carboxylic acids is 1. The number of carbonyl (C=O) groups is 1. The second-order valence-corrected chi connectivity index (χ2v) is 5.70. The van der Waals surface area contributed by atoms with E-state index in [2.05, 4.69) is 15.3 Å². The SMILES string of the molecule is Cc1ncc([N+](=O)[O-])cc1C(=O)N1CCNCC1c1nccn1C.Cl. The molecule has 0 bridgehead atoms. The summed E-state index contributed by atoms with van der Waals surface area (Å²) in [7, 11) is 1.87. The molecule has 1 unspecified atom stereocenters. The lowest BCUT2D eigenvalue weighted by Gasteiger charge is -2.36. The Hall–Kier alpha value is -2.52. The average Bonchev–Trinajstić information content (AvgIpc) is 3.00. The molecule has 0 saturated carbocycles. The molecule has 10 heteroatoms. The van der Waals surface area contributed by atoms with Gasteiger partial charge in [-0.05, 0) is 6.92 Å². The van der Waals surface area contributed by atoms with Gasteiger partial charge in [0.05, 0.1) is 16.2 Å². The number of aryl methyl sites for hydroxylation is 2. The van der Waals surface area contributed by atoms with Crippen LogP contribution in [0.15, 0.2) is 24.7 Å². The maximum absolute atomic E-state index is 13.0. The minimum absolute atomic E-state index is 0. The number of hydrogen-bond acceptors (Lipinski definition) is 6. The molecule has 3 heterocycles. The summed E-state index contributed by atoms with van der Waals surface area (Å²) in [6.45, 7) is 3.42. The van der Waals surface area contributed by atoms with E-state index in [1.54, 1.807) is 18.0 Å². The molecule has 1 fully saturated rings. The van der Waals surface area contributed by atoms with Crippen LogP contribution in [-0.4, -0.2) is 49.9 Å². The number of rotatable bonds is 3. The molecule has 1 saturated heterocycles. The predicted molar refractivity (Wildman–Crippen MR) is 92.7 cm³/mol. The lowest BCUT2D eigenvalue weighted by Crippen LogP contribution is -2.49. The third-order valence-corrected chi connectivity index (χ3v) is 4.17. The van der Waals surface area contributed by atoms with E-state index < -0.39 is 4.92 Å². The van der Waals surface area contributed by atoms with Crippen LogP contribution in [0.5, 0.6) is 0 Å². The summed E-state index contributed by atoms with van der Waals surface area (Å²) >= 11 is 0. The Kier molecular flexibility index (Phi) is 5.70. The first kappa shape index (κ1) is 18.8. The highest BCUT2D eigenvalue weighted by Crippen LogP contribution is 2.24. The van der Waals surface area contributed by atoms with Gasteiger partial charge in [0, 0.05) is 45.1 Å². The first-order chi connectivity index (χ1) is 11.5. The Morgan fingerprint density at radius 3 is 2.84 bits per heavy atom. The number of piperazine rings is 1. The molecule has 9 nitrogen and oxygen atoms in total. The number of nitrogens with zero attached hydrogens (tertiary/aromatic N) is 5. The first-order valence-corrected chi connectivity index (χ1v) is 7.59. The van der Waals surface area contributed by atoms with E-state index in [-0.39, 0.29) is 35.6 Å². The Morgan fingerprint density at radius 1 is 1.44 bits per heavy atom. The van der Waals surface area contributed by atoms with Crippen LogP contribution in [0.1, 0.15) is 27.9 Å². The van der Waals surface area contributed by atoms with Gasteiger partial charge in [0.2, 0.25) is 0 Å².